The molecule has 2 aromatic rings. The first-order valence-corrected chi connectivity index (χ1v) is 10.5. The highest BCUT2D eigenvalue weighted by atomic mass is 32.2. The number of ether oxygens (including phenoxy) is 1. The lowest BCUT2D eigenvalue weighted by molar-refractivity contribution is 0.0630. The summed E-state index contributed by atoms with van der Waals surface area (Å²) in [6, 6.07) is 15.7. The van der Waals surface area contributed by atoms with E-state index in [9.17, 15) is 13.5 Å². The molecule has 28 heavy (non-hydrogen) atoms. The van der Waals surface area contributed by atoms with Crippen LogP contribution in [0.1, 0.15) is 25.0 Å². The van der Waals surface area contributed by atoms with E-state index in [0.29, 0.717) is 6.61 Å². The Balaban J connectivity index is 1.84. The van der Waals surface area contributed by atoms with Gasteiger partial charge in [-0.25, -0.2) is 8.42 Å². The molecule has 1 unspecified atom stereocenters. The molecule has 1 aliphatic heterocycles. The highest BCUT2D eigenvalue weighted by molar-refractivity contribution is 7.89. The molecular formula is C22H25NO4S. The molecule has 1 fully saturated rings. The molecule has 1 heterocycles. The Labute approximate surface area is 167 Å². The third-order valence-electron chi connectivity index (χ3n) is 5.55. The van der Waals surface area contributed by atoms with Crippen LogP contribution in [0.3, 0.4) is 0 Å². The van der Waals surface area contributed by atoms with E-state index in [1.165, 1.54) is 11.2 Å². The van der Waals surface area contributed by atoms with Crippen molar-refractivity contribution < 1.29 is 18.3 Å². The van der Waals surface area contributed by atoms with Crippen molar-refractivity contribution in [1.82, 2.24) is 4.31 Å². The largest absolute Gasteiger partial charge is 0.376 e. The lowest BCUT2D eigenvalue weighted by Gasteiger charge is -2.25. The third kappa shape index (κ3) is 3.47. The Hall–Kier alpha value is -2.17. The molecule has 0 saturated carbocycles. The first kappa shape index (κ1) is 20.6. The molecule has 0 radical (unpaired) electrons. The number of nitrogens with zero attached hydrogens (tertiary/aromatic N) is 1. The van der Waals surface area contributed by atoms with Gasteiger partial charge < -0.3 is 9.84 Å². The molecular weight excluding hydrogens is 374 g/mol. The van der Waals surface area contributed by atoms with Crippen LogP contribution < -0.4 is 0 Å². The van der Waals surface area contributed by atoms with Crippen LogP contribution in [-0.2, 0) is 21.4 Å². The van der Waals surface area contributed by atoms with Crippen LogP contribution >= 0.6 is 0 Å². The number of terminal acetylenes is 1. The van der Waals surface area contributed by atoms with Gasteiger partial charge >= 0.3 is 0 Å². The monoisotopic (exact) mass is 399 g/mol. The number of aliphatic hydroxyl groups is 1. The van der Waals surface area contributed by atoms with Gasteiger partial charge in [0, 0.05) is 0 Å². The average molecular weight is 400 g/mol. The van der Waals surface area contributed by atoms with Crippen molar-refractivity contribution >= 4 is 10.0 Å². The van der Waals surface area contributed by atoms with Crippen molar-refractivity contribution in [2.75, 3.05) is 6.61 Å². The number of aryl methyl sites for hydroxylation is 1. The predicted molar refractivity (Wildman–Crippen MR) is 108 cm³/mol. The van der Waals surface area contributed by atoms with E-state index in [2.05, 4.69) is 5.92 Å². The summed E-state index contributed by atoms with van der Waals surface area (Å²) < 4.78 is 33.5. The summed E-state index contributed by atoms with van der Waals surface area (Å²) in [7, 11) is -3.83. The first-order valence-electron chi connectivity index (χ1n) is 9.07. The SMILES string of the molecule is C#C[C@](C)(O)[C@]1(C)[C@@H](COCc2ccccc2)N1S(=O)(=O)c1ccc(C)cc1. The number of hydrogen-bond acceptors (Lipinski definition) is 4. The van der Waals surface area contributed by atoms with E-state index >= 15 is 0 Å². The van der Waals surface area contributed by atoms with Crippen molar-refractivity contribution in [3.8, 4) is 12.3 Å². The Morgan fingerprint density at radius 1 is 1.21 bits per heavy atom. The maximum absolute atomic E-state index is 13.2. The van der Waals surface area contributed by atoms with E-state index in [4.69, 9.17) is 11.2 Å². The average Bonchev–Trinajstić information content (AvgIpc) is 3.30. The molecule has 0 amide bonds. The zero-order valence-electron chi connectivity index (χ0n) is 16.3. The van der Waals surface area contributed by atoms with Crippen LogP contribution in [0.4, 0.5) is 0 Å². The topological polar surface area (TPSA) is 66.6 Å². The summed E-state index contributed by atoms with van der Waals surface area (Å²) in [5.74, 6) is 2.34. The highest BCUT2D eigenvalue weighted by Crippen LogP contribution is 2.52. The minimum Gasteiger partial charge on any atom is -0.376 e. The van der Waals surface area contributed by atoms with Gasteiger partial charge in [0.25, 0.3) is 0 Å². The van der Waals surface area contributed by atoms with Crippen LogP contribution in [0.2, 0.25) is 0 Å². The molecule has 2 aromatic carbocycles. The Morgan fingerprint density at radius 3 is 2.39 bits per heavy atom. The zero-order chi connectivity index (χ0) is 20.6. The van der Waals surface area contributed by atoms with E-state index in [1.807, 2.05) is 37.3 Å². The smallest absolute Gasteiger partial charge is 0.244 e. The normalized spacial score (nSPS) is 26.2. The van der Waals surface area contributed by atoms with Crippen LogP contribution in [0.5, 0.6) is 0 Å². The van der Waals surface area contributed by atoms with Gasteiger partial charge in [-0.05, 0) is 38.5 Å². The number of hydrogen-bond donors (Lipinski definition) is 1. The van der Waals surface area contributed by atoms with Gasteiger partial charge in [-0.3, -0.25) is 0 Å². The molecule has 0 spiro atoms. The predicted octanol–water partition coefficient (Wildman–Crippen LogP) is 2.73. The van der Waals surface area contributed by atoms with E-state index in [1.54, 1.807) is 31.2 Å². The first-order chi connectivity index (χ1) is 13.1. The van der Waals surface area contributed by atoms with Crippen molar-refractivity contribution in [1.29, 1.82) is 0 Å². The molecule has 1 N–H and O–H groups in total. The third-order valence-corrected chi connectivity index (χ3v) is 7.57. The summed E-state index contributed by atoms with van der Waals surface area (Å²) in [5, 5.41) is 10.7. The maximum Gasteiger partial charge on any atom is 0.244 e. The molecule has 1 aliphatic rings. The zero-order valence-corrected chi connectivity index (χ0v) is 17.1. The van der Waals surface area contributed by atoms with Crippen molar-refractivity contribution in [2.24, 2.45) is 0 Å². The van der Waals surface area contributed by atoms with Crippen molar-refractivity contribution in [3.05, 3.63) is 65.7 Å². The molecule has 0 aromatic heterocycles. The van der Waals surface area contributed by atoms with Crippen molar-refractivity contribution in [2.45, 2.75) is 49.5 Å². The number of benzene rings is 2. The Kier molecular flexibility index (Phi) is 5.39. The van der Waals surface area contributed by atoms with Gasteiger partial charge in [0.15, 0.2) is 0 Å². The van der Waals surface area contributed by atoms with E-state index < -0.39 is 27.2 Å². The molecule has 5 nitrogen and oxygen atoms in total. The lowest BCUT2D eigenvalue weighted by Crippen LogP contribution is -2.44. The highest BCUT2D eigenvalue weighted by Gasteiger charge is 2.73. The maximum atomic E-state index is 13.2. The number of rotatable bonds is 7. The molecule has 148 valence electrons. The second-order valence-corrected chi connectivity index (χ2v) is 9.31. The lowest BCUT2D eigenvalue weighted by atomic mass is 9.88. The second kappa shape index (κ2) is 7.34. The Bertz CT molecular complexity index is 977. The van der Waals surface area contributed by atoms with Gasteiger partial charge in [-0.15, -0.1) is 6.42 Å². The fourth-order valence-electron chi connectivity index (χ4n) is 3.45. The van der Waals surface area contributed by atoms with Crippen LogP contribution in [0, 0.1) is 19.3 Å². The van der Waals surface area contributed by atoms with Crippen LogP contribution in [0.15, 0.2) is 59.5 Å². The van der Waals surface area contributed by atoms with E-state index in [-0.39, 0.29) is 11.5 Å². The molecule has 0 aliphatic carbocycles. The molecule has 6 heteroatoms. The van der Waals surface area contributed by atoms with Gasteiger partial charge in [0.05, 0.1) is 29.7 Å². The number of sulfonamides is 1. The summed E-state index contributed by atoms with van der Waals surface area (Å²) in [6.45, 7) is 5.50. The molecule has 0 bridgehead atoms. The molecule has 4 atom stereocenters. The summed E-state index contributed by atoms with van der Waals surface area (Å²) in [6.07, 6.45) is 5.52. The standard InChI is InChI=1S/C22H25NO4S/c1-5-21(3,24)22(4)20(16-27-15-18-9-7-6-8-10-18)23(22)28(25,26)19-13-11-17(2)12-14-19/h1,6-14,20,24H,15-16H2,2-4H3/t20-,21+,22+,23?/m1/s1. The summed E-state index contributed by atoms with van der Waals surface area (Å²) in [4.78, 5) is 0.169. The molecule has 3 rings (SSSR count). The van der Waals surface area contributed by atoms with Crippen LogP contribution in [0.25, 0.3) is 0 Å². The Morgan fingerprint density at radius 2 is 1.82 bits per heavy atom. The van der Waals surface area contributed by atoms with Gasteiger partial charge in [-0.2, -0.15) is 4.31 Å². The minimum atomic E-state index is -3.83. The fourth-order valence-corrected chi connectivity index (χ4v) is 5.50. The summed E-state index contributed by atoms with van der Waals surface area (Å²) >= 11 is 0. The molecule has 1 saturated heterocycles. The van der Waals surface area contributed by atoms with Gasteiger partial charge in [-0.1, -0.05) is 53.9 Å². The summed E-state index contributed by atoms with van der Waals surface area (Å²) in [5.41, 5.74) is -0.833. The second-order valence-electron chi connectivity index (χ2n) is 7.49. The van der Waals surface area contributed by atoms with Gasteiger partial charge in [0.2, 0.25) is 10.0 Å². The van der Waals surface area contributed by atoms with Gasteiger partial charge in [0.1, 0.15) is 5.60 Å². The van der Waals surface area contributed by atoms with Crippen LogP contribution in [-0.4, -0.2) is 41.6 Å². The van der Waals surface area contributed by atoms with Crippen molar-refractivity contribution in [3.63, 3.8) is 0 Å². The quantitative estimate of drug-likeness (QED) is 0.574. The van der Waals surface area contributed by atoms with E-state index in [0.717, 1.165) is 11.1 Å². The fraction of sp³-hybridized carbons (Fsp3) is 0.364. The minimum absolute atomic E-state index is 0.133.